The number of hydrogen-bond acceptors (Lipinski definition) is 5. The zero-order valence-corrected chi connectivity index (χ0v) is 15.4. The molecule has 2 heterocycles. The summed E-state index contributed by atoms with van der Waals surface area (Å²) in [6.07, 6.45) is 1.50. The first-order valence-corrected chi connectivity index (χ1v) is 8.51. The van der Waals surface area contributed by atoms with Crippen molar-refractivity contribution in [2.24, 2.45) is 0 Å². The second-order valence-electron chi connectivity index (χ2n) is 5.83. The van der Waals surface area contributed by atoms with Crippen LogP contribution in [0, 0.1) is 6.92 Å². The molecule has 3 rings (SSSR count). The summed E-state index contributed by atoms with van der Waals surface area (Å²) in [5, 5.41) is 7.91. The van der Waals surface area contributed by atoms with Crippen molar-refractivity contribution in [2.45, 2.75) is 6.92 Å². The minimum Gasteiger partial charge on any atom is -0.457 e. The molecular formula is C20H19N5O3. The van der Waals surface area contributed by atoms with E-state index in [1.807, 2.05) is 19.1 Å². The molecule has 3 aromatic rings. The average Bonchev–Trinajstić information content (AvgIpc) is 2.69. The number of nitrogens with one attached hydrogen (secondary N) is 3. The normalized spacial score (nSPS) is 10.1. The monoisotopic (exact) mass is 377 g/mol. The number of nitrogens with zero attached hydrogens (tertiary/aromatic N) is 2. The molecule has 8 heteroatoms. The Morgan fingerprint density at radius 1 is 0.964 bits per heavy atom. The number of rotatable bonds is 5. The van der Waals surface area contributed by atoms with Crippen LogP contribution in [0.4, 0.5) is 16.3 Å². The van der Waals surface area contributed by atoms with E-state index in [1.54, 1.807) is 42.5 Å². The van der Waals surface area contributed by atoms with Gasteiger partial charge in [-0.15, -0.1) is 0 Å². The number of pyridine rings is 2. The zero-order chi connectivity index (χ0) is 19.9. The number of aromatic nitrogens is 2. The first-order chi connectivity index (χ1) is 13.5. The Balaban J connectivity index is 1.60. The van der Waals surface area contributed by atoms with Crippen molar-refractivity contribution in [1.29, 1.82) is 0 Å². The summed E-state index contributed by atoms with van der Waals surface area (Å²) in [4.78, 5) is 31.9. The van der Waals surface area contributed by atoms with Crippen LogP contribution in [0.25, 0.3) is 0 Å². The lowest BCUT2D eigenvalue weighted by Gasteiger charge is -2.09. The summed E-state index contributed by atoms with van der Waals surface area (Å²) in [5.41, 5.74) is 1.67. The van der Waals surface area contributed by atoms with Crippen LogP contribution in [-0.2, 0) is 0 Å². The summed E-state index contributed by atoms with van der Waals surface area (Å²) in [6.45, 7) is 1.85. The van der Waals surface area contributed by atoms with Crippen molar-refractivity contribution in [2.75, 3.05) is 17.7 Å². The zero-order valence-electron chi connectivity index (χ0n) is 15.4. The maximum absolute atomic E-state index is 12.1. The van der Waals surface area contributed by atoms with Crippen LogP contribution in [0.1, 0.15) is 16.2 Å². The topological polar surface area (TPSA) is 105 Å². The summed E-state index contributed by atoms with van der Waals surface area (Å²) in [5.74, 6) is 1.22. The largest absolute Gasteiger partial charge is 0.457 e. The molecule has 0 aliphatic carbocycles. The molecule has 0 radical (unpaired) electrons. The third-order valence-corrected chi connectivity index (χ3v) is 3.67. The van der Waals surface area contributed by atoms with Gasteiger partial charge in [0.1, 0.15) is 23.0 Å². The number of anilines is 2. The molecule has 0 spiro atoms. The Bertz CT molecular complexity index is 989. The SMILES string of the molecule is CNC(=O)c1cc(Oc2ccc(NC(=O)Nc3cccc(C)n3)cc2)ccn1. The first kappa shape index (κ1) is 18.8. The Kier molecular flexibility index (Phi) is 5.81. The molecule has 0 fully saturated rings. The Morgan fingerprint density at radius 3 is 2.46 bits per heavy atom. The van der Waals surface area contributed by atoms with E-state index in [0.29, 0.717) is 23.0 Å². The molecule has 0 aliphatic heterocycles. The van der Waals surface area contributed by atoms with Gasteiger partial charge in [-0.25, -0.2) is 9.78 Å². The van der Waals surface area contributed by atoms with Gasteiger partial charge in [0, 0.05) is 30.7 Å². The number of urea groups is 1. The molecule has 0 saturated heterocycles. The molecule has 0 unspecified atom stereocenters. The van der Waals surface area contributed by atoms with Crippen molar-refractivity contribution in [3.05, 3.63) is 72.2 Å². The fourth-order valence-corrected chi connectivity index (χ4v) is 2.36. The number of ether oxygens (including phenoxy) is 1. The standard InChI is InChI=1S/C20H19N5O3/c1-13-4-3-5-18(23-13)25-20(27)24-14-6-8-15(9-7-14)28-16-10-11-22-17(12-16)19(26)21-2/h3-12H,1-2H3,(H,21,26)(H2,23,24,25,27). The third-order valence-electron chi connectivity index (χ3n) is 3.67. The van der Waals surface area contributed by atoms with Crippen LogP contribution in [0.5, 0.6) is 11.5 Å². The Morgan fingerprint density at radius 2 is 1.75 bits per heavy atom. The lowest BCUT2D eigenvalue weighted by Crippen LogP contribution is -2.20. The van der Waals surface area contributed by atoms with Crippen molar-refractivity contribution in [3.8, 4) is 11.5 Å². The van der Waals surface area contributed by atoms with Crippen molar-refractivity contribution in [3.63, 3.8) is 0 Å². The highest BCUT2D eigenvalue weighted by atomic mass is 16.5. The van der Waals surface area contributed by atoms with Crippen LogP contribution >= 0.6 is 0 Å². The smallest absolute Gasteiger partial charge is 0.324 e. The van der Waals surface area contributed by atoms with Gasteiger partial charge in [0.15, 0.2) is 0 Å². The van der Waals surface area contributed by atoms with Gasteiger partial charge in [0.2, 0.25) is 0 Å². The maximum Gasteiger partial charge on any atom is 0.324 e. The lowest BCUT2D eigenvalue weighted by molar-refractivity contribution is 0.0958. The highest BCUT2D eigenvalue weighted by molar-refractivity contribution is 5.99. The number of benzene rings is 1. The number of aryl methyl sites for hydroxylation is 1. The van der Waals surface area contributed by atoms with Gasteiger partial charge in [-0.1, -0.05) is 6.07 Å². The van der Waals surface area contributed by atoms with Gasteiger partial charge in [0.05, 0.1) is 0 Å². The van der Waals surface area contributed by atoms with Crippen LogP contribution < -0.4 is 20.7 Å². The number of hydrogen-bond donors (Lipinski definition) is 3. The molecule has 3 N–H and O–H groups in total. The highest BCUT2D eigenvalue weighted by Gasteiger charge is 2.07. The number of carbonyl (C=O) groups excluding carboxylic acids is 2. The summed E-state index contributed by atoms with van der Waals surface area (Å²) < 4.78 is 5.72. The lowest BCUT2D eigenvalue weighted by atomic mass is 10.3. The quantitative estimate of drug-likeness (QED) is 0.630. The van der Waals surface area contributed by atoms with Gasteiger partial charge in [-0.05, 0) is 49.4 Å². The number of amides is 3. The fraction of sp³-hybridized carbons (Fsp3) is 0.100. The molecule has 3 amide bonds. The number of carbonyl (C=O) groups is 2. The molecule has 8 nitrogen and oxygen atoms in total. The van der Waals surface area contributed by atoms with Crippen LogP contribution in [0.15, 0.2) is 60.8 Å². The molecule has 2 aromatic heterocycles. The first-order valence-electron chi connectivity index (χ1n) is 8.51. The minimum absolute atomic E-state index is 0.264. The molecule has 0 atom stereocenters. The summed E-state index contributed by atoms with van der Waals surface area (Å²) >= 11 is 0. The third kappa shape index (κ3) is 5.04. The van der Waals surface area contributed by atoms with Crippen LogP contribution in [0.3, 0.4) is 0 Å². The van der Waals surface area contributed by atoms with Gasteiger partial charge in [-0.3, -0.25) is 15.1 Å². The highest BCUT2D eigenvalue weighted by Crippen LogP contribution is 2.23. The average molecular weight is 377 g/mol. The molecule has 142 valence electrons. The van der Waals surface area contributed by atoms with E-state index >= 15 is 0 Å². The summed E-state index contributed by atoms with van der Waals surface area (Å²) in [7, 11) is 1.54. The van der Waals surface area contributed by atoms with Crippen LogP contribution in [0.2, 0.25) is 0 Å². The van der Waals surface area contributed by atoms with Gasteiger partial charge < -0.3 is 15.4 Å². The molecule has 0 aliphatic rings. The minimum atomic E-state index is -0.392. The van der Waals surface area contributed by atoms with Gasteiger partial charge in [-0.2, -0.15) is 0 Å². The predicted octanol–water partition coefficient (Wildman–Crippen LogP) is 3.58. The maximum atomic E-state index is 12.1. The predicted molar refractivity (Wildman–Crippen MR) is 106 cm³/mol. The second-order valence-corrected chi connectivity index (χ2v) is 5.83. The van der Waals surface area contributed by atoms with E-state index in [0.717, 1.165) is 5.69 Å². The van der Waals surface area contributed by atoms with E-state index in [1.165, 1.54) is 13.2 Å². The fourth-order valence-electron chi connectivity index (χ4n) is 2.36. The van der Waals surface area contributed by atoms with Crippen molar-refractivity contribution in [1.82, 2.24) is 15.3 Å². The van der Waals surface area contributed by atoms with Crippen molar-refractivity contribution < 1.29 is 14.3 Å². The van der Waals surface area contributed by atoms with Gasteiger partial charge >= 0.3 is 6.03 Å². The van der Waals surface area contributed by atoms with Gasteiger partial charge in [0.25, 0.3) is 5.91 Å². The van der Waals surface area contributed by atoms with E-state index in [-0.39, 0.29) is 11.6 Å². The summed E-state index contributed by atoms with van der Waals surface area (Å²) in [6, 6.07) is 15.0. The molecule has 0 bridgehead atoms. The second kappa shape index (κ2) is 8.63. The van der Waals surface area contributed by atoms with Crippen LogP contribution in [-0.4, -0.2) is 29.0 Å². The van der Waals surface area contributed by atoms with E-state index in [4.69, 9.17) is 4.74 Å². The molecule has 28 heavy (non-hydrogen) atoms. The molecule has 0 saturated carbocycles. The molecular weight excluding hydrogens is 358 g/mol. The van der Waals surface area contributed by atoms with E-state index < -0.39 is 6.03 Å². The van der Waals surface area contributed by atoms with Crippen molar-refractivity contribution >= 4 is 23.4 Å². The molecule has 1 aromatic carbocycles. The van der Waals surface area contributed by atoms with E-state index in [9.17, 15) is 9.59 Å². The Hall–Kier alpha value is -3.94. The Labute approximate surface area is 162 Å². The van der Waals surface area contributed by atoms with E-state index in [2.05, 4.69) is 25.9 Å².